The van der Waals surface area contributed by atoms with Crippen molar-refractivity contribution >= 4 is 20.2 Å². The molecule has 0 atom stereocenters. The third-order valence-electron chi connectivity index (χ3n) is 2.00. The maximum absolute atomic E-state index is 10.7. The summed E-state index contributed by atoms with van der Waals surface area (Å²) in [5.41, 5.74) is -11.3. The second kappa shape index (κ2) is 10.6. The first kappa shape index (κ1) is 26.7. The third kappa shape index (κ3) is 14.4. The van der Waals surface area contributed by atoms with Crippen LogP contribution in [0.5, 0.6) is 0 Å². The Morgan fingerprint density at radius 1 is 0.880 bits per heavy atom. The molecule has 0 aromatic carbocycles. The van der Waals surface area contributed by atoms with Crippen molar-refractivity contribution in [3.05, 3.63) is 22.4 Å². The molecule has 1 rings (SSSR count). The summed E-state index contributed by atoms with van der Waals surface area (Å²) in [5, 5.41) is 0. The van der Waals surface area contributed by atoms with E-state index in [-0.39, 0.29) is 0 Å². The zero-order valence-electron chi connectivity index (χ0n) is 11.9. The van der Waals surface area contributed by atoms with E-state index in [2.05, 4.69) is 36.5 Å². The van der Waals surface area contributed by atoms with E-state index in [9.17, 15) is 26.3 Å². The Labute approximate surface area is 150 Å². The number of halogens is 6. The van der Waals surface area contributed by atoms with E-state index in [4.69, 9.17) is 25.9 Å². The van der Waals surface area contributed by atoms with Crippen LogP contribution < -0.4 is 0 Å². The molecule has 1 aliphatic carbocycles. The van der Waals surface area contributed by atoms with Crippen molar-refractivity contribution in [2.75, 3.05) is 0 Å². The van der Waals surface area contributed by atoms with Gasteiger partial charge in [-0.15, -0.1) is 0 Å². The van der Waals surface area contributed by atoms with Crippen molar-refractivity contribution in [1.29, 1.82) is 0 Å². The van der Waals surface area contributed by atoms with E-state index in [0.29, 0.717) is 0 Å². The monoisotopic (exact) mass is 508 g/mol. The molecule has 0 amide bonds. The first-order valence-corrected chi connectivity index (χ1v) is 9.56. The fourth-order valence-electron chi connectivity index (χ4n) is 0.896. The minimum absolute atomic E-state index is 1.25. The summed E-state index contributed by atoms with van der Waals surface area (Å²) < 4.78 is 119. The Kier molecular flexibility index (Phi) is 11.3. The van der Waals surface area contributed by atoms with Gasteiger partial charge in [-0.3, -0.25) is 0 Å². The van der Waals surface area contributed by atoms with Gasteiger partial charge in [0.1, 0.15) is 0 Å². The number of hydrogen-bond acceptors (Lipinski definition) is 6. The van der Waals surface area contributed by atoms with Gasteiger partial charge in [0.2, 0.25) is 0 Å². The van der Waals surface area contributed by atoms with E-state index >= 15 is 0 Å². The van der Waals surface area contributed by atoms with Gasteiger partial charge in [-0.05, 0) is 0 Å². The molecule has 15 heteroatoms. The molecule has 0 aromatic rings. The van der Waals surface area contributed by atoms with Crippen molar-refractivity contribution in [3.63, 3.8) is 0 Å². The number of allylic oxidation sites excluding steroid dienone is 4. The quantitative estimate of drug-likeness (QED) is 0.215. The summed E-state index contributed by atoms with van der Waals surface area (Å²) in [4.78, 5) is 0. The molecule has 0 saturated heterocycles. The SMILES string of the molecule is O=S(=O)([O-])C(F)(F)F.O=S(=O)([O-])C(F)(F)F.[Rh+2]/[C]1=C/C=C\CCCC1. The summed E-state index contributed by atoms with van der Waals surface area (Å²) in [6.07, 6.45) is 11.7. The van der Waals surface area contributed by atoms with E-state index < -0.39 is 31.3 Å². The molecule has 0 spiro atoms. The first-order valence-electron chi connectivity index (χ1n) is 5.93. The Hall–Kier alpha value is -0.497. The van der Waals surface area contributed by atoms with Crippen molar-refractivity contribution in [2.24, 2.45) is 0 Å². The summed E-state index contributed by atoms with van der Waals surface area (Å²) in [7, 11) is -12.2. The summed E-state index contributed by atoms with van der Waals surface area (Å²) >= 11 is 2.95. The number of rotatable bonds is 0. The Bertz CT molecular complexity index is 621. The zero-order chi connectivity index (χ0) is 20.5. The summed E-state index contributed by atoms with van der Waals surface area (Å²) in [5.74, 6) is 0. The summed E-state index contributed by atoms with van der Waals surface area (Å²) in [6, 6.07) is 0. The predicted molar refractivity (Wildman–Crippen MR) is 67.2 cm³/mol. The molecule has 0 unspecified atom stereocenters. The van der Waals surface area contributed by atoms with Crippen LogP contribution in [-0.2, 0) is 38.5 Å². The molecule has 150 valence electrons. The molecule has 0 heterocycles. The molecular weight excluding hydrogens is 497 g/mol. The van der Waals surface area contributed by atoms with Gasteiger partial charge < -0.3 is 9.11 Å². The fourth-order valence-corrected chi connectivity index (χ4v) is 1.34. The molecule has 0 bridgehead atoms. The van der Waals surface area contributed by atoms with Crippen LogP contribution in [0.25, 0.3) is 0 Å². The van der Waals surface area contributed by atoms with Crippen LogP contribution in [-0.4, -0.2) is 37.0 Å². The fraction of sp³-hybridized carbons (Fsp3) is 0.600. The van der Waals surface area contributed by atoms with Gasteiger partial charge in [0, 0.05) is 0 Å². The molecule has 6 nitrogen and oxygen atoms in total. The van der Waals surface area contributed by atoms with Gasteiger partial charge >= 0.3 is 77.4 Å². The topological polar surface area (TPSA) is 114 Å². The average molecular weight is 508 g/mol. The molecular formula is C10H11F6O6RhS2. The van der Waals surface area contributed by atoms with E-state index in [0.717, 1.165) is 0 Å². The van der Waals surface area contributed by atoms with Crippen LogP contribution in [0.15, 0.2) is 22.4 Å². The maximum atomic E-state index is 10.7. The van der Waals surface area contributed by atoms with Crippen LogP contribution in [0.3, 0.4) is 0 Å². The molecule has 0 N–H and O–H groups in total. The molecule has 0 fully saturated rings. The molecule has 1 aliphatic rings. The van der Waals surface area contributed by atoms with Crippen molar-refractivity contribution in [2.45, 2.75) is 36.7 Å². The van der Waals surface area contributed by atoms with Crippen molar-refractivity contribution in [3.8, 4) is 0 Å². The van der Waals surface area contributed by atoms with Crippen LogP contribution in [0.4, 0.5) is 26.3 Å². The summed E-state index contributed by atoms with van der Waals surface area (Å²) in [6.45, 7) is 0. The third-order valence-corrected chi connectivity index (χ3v) is 3.81. The zero-order valence-corrected chi connectivity index (χ0v) is 15.2. The van der Waals surface area contributed by atoms with Gasteiger partial charge in [-0.1, -0.05) is 0 Å². The van der Waals surface area contributed by atoms with Crippen LogP contribution in [0.2, 0.25) is 0 Å². The van der Waals surface area contributed by atoms with Gasteiger partial charge in [0.05, 0.1) is 0 Å². The van der Waals surface area contributed by atoms with Gasteiger partial charge in [-0.25, -0.2) is 16.8 Å². The van der Waals surface area contributed by atoms with Gasteiger partial charge in [0.25, 0.3) is 0 Å². The Balaban J connectivity index is 0. The van der Waals surface area contributed by atoms with Gasteiger partial charge in [0.15, 0.2) is 20.2 Å². The van der Waals surface area contributed by atoms with Crippen LogP contribution in [0.1, 0.15) is 25.7 Å². The first-order chi connectivity index (χ1) is 10.9. The standard InChI is InChI=1S/C8H11.2CHF3O3S.Rh/c1-2-4-6-8-7-5-3-1;2*2-1(3,4)8(5,6)7;/h1-3H,4,6-8H2;2*(H,5,6,7);/q;;;+2/p-2/b2-1-,5-3?;;;. The normalized spacial score (nSPS) is 19.6. The van der Waals surface area contributed by atoms with E-state index in [1.54, 1.807) is 0 Å². The molecule has 0 saturated carbocycles. The minimum atomic E-state index is -6.09. The molecule has 0 aromatic heterocycles. The predicted octanol–water partition coefficient (Wildman–Crippen LogP) is 2.65. The second-order valence-corrected chi connectivity index (χ2v) is 7.85. The molecule has 25 heavy (non-hydrogen) atoms. The van der Waals surface area contributed by atoms with Crippen molar-refractivity contribution in [1.82, 2.24) is 0 Å². The molecule has 0 radical (unpaired) electrons. The Morgan fingerprint density at radius 2 is 1.24 bits per heavy atom. The van der Waals surface area contributed by atoms with Crippen LogP contribution >= 0.6 is 0 Å². The van der Waals surface area contributed by atoms with E-state index in [1.807, 2.05) is 0 Å². The second-order valence-electron chi connectivity index (χ2n) is 4.06. The number of hydrogen-bond donors (Lipinski definition) is 0. The van der Waals surface area contributed by atoms with Crippen molar-refractivity contribution < 1.29 is 70.6 Å². The van der Waals surface area contributed by atoms with E-state index in [1.165, 1.54) is 29.9 Å². The average Bonchev–Trinajstić information content (AvgIpc) is 2.30. The molecule has 0 aliphatic heterocycles. The number of alkyl halides is 6. The van der Waals surface area contributed by atoms with Gasteiger partial charge in [-0.2, -0.15) is 26.3 Å². The van der Waals surface area contributed by atoms with Crippen LogP contribution in [0, 0.1) is 0 Å². The Morgan fingerprint density at radius 3 is 1.56 bits per heavy atom.